The highest BCUT2D eigenvalue weighted by Crippen LogP contribution is 2.27. The zero-order valence-electron chi connectivity index (χ0n) is 11.5. The average Bonchev–Trinajstić information content (AvgIpc) is 3.02. The van der Waals surface area contributed by atoms with Crippen LogP contribution in [0.15, 0.2) is 24.3 Å². The van der Waals surface area contributed by atoms with Gasteiger partial charge < -0.3 is 5.11 Å². The number of hydrogen-bond acceptors (Lipinski definition) is 3. The number of hydrogen-bond donors (Lipinski definition) is 2. The second kappa shape index (κ2) is 5.47. The molecule has 0 aliphatic heterocycles. The van der Waals surface area contributed by atoms with E-state index >= 15 is 0 Å². The smallest absolute Gasteiger partial charge is 0.215 e. The Balaban J connectivity index is 1.62. The second-order valence-corrected chi connectivity index (χ2v) is 8.00. The van der Waals surface area contributed by atoms with Gasteiger partial charge in [0, 0.05) is 6.54 Å². The van der Waals surface area contributed by atoms with E-state index in [-0.39, 0.29) is 17.3 Å². The maximum Gasteiger partial charge on any atom is 0.215 e. The van der Waals surface area contributed by atoms with Gasteiger partial charge in [0.1, 0.15) is 0 Å². The molecule has 5 heteroatoms. The third kappa shape index (κ3) is 2.75. The topological polar surface area (TPSA) is 66.4 Å². The fraction of sp³-hybridized carbons (Fsp3) is 0.600. The molecule has 4 nitrogen and oxygen atoms in total. The third-order valence-corrected chi connectivity index (χ3v) is 6.40. The highest BCUT2D eigenvalue weighted by atomic mass is 32.2. The molecule has 1 saturated carbocycles. The number of sulfonamides is 1. The molecule has 2 aliphatic carbocycles. The van der Waals surface area contributed by atoms with Crippen molar-refractivity contribution in [2.45, 2.75) is 43.5 Å². The summed E-state index contributed by atoms with van der Waals surface area (Å²) in [5, 5.41) is 9.40. The maximum atomic E-state index is 12.4. The molecule has 0 heterocycles. The zero-order valence-corrected chi connectivity index (χ0v) is 12.3. The molecule has 1 aromatic carbocycles. The lowest BCUT2D eigenvalue weighted by Gasteiger charge is -2.17. The lowest BCUT2D eigenvalue weighted by atomic mass is 10.1. The van der Waals surface area contributed by atoms with Crippen LogP contribution in [0.4, 0.5) is 0 Å². The minimum atomic E-state index is -3.30. The quantitative estimate of drug-likeness (QED) is 0.878. The van der Waals surface area contributed by atoms with Gasteiger partial charge in [0.2, 0.25) is 10.0 Å². The van der Waals surface area contributed by atoms with Gasteiger partial charge in [0.05, 0.1) is 11.4 Å². The summed E-state index contributed by atoms with van der Waals surface area (Å²) >= 11 is 0. The predicted octanol–water partition coefficient (Wildman–Crippen LogP) is 1.23. The Morgan fingerprint density at radius 3 is 2.35 bits per heavy atom. The Hall–Kier alpha value is -0.910. The van der Waals surface area contributed by atoms with Gasteiger partial charge in [-0.25, -0.2) is 13.1 Å². The zero-order chi connectivity index (χ0) is 14.2. The summed E-state index contributed by atoms with van der Waals surface area (Å²) in [4.78, 5) is 0. The summed E-state index contributed by atoms with van der Waals surface area (Å²) < 4.78 is 27.5. The summed E-state index contributed by atoms with van der Waals surface area (Å²) in [5.41, 5.74) is 2.28. The van der Waals surface area contributed by atoms with E-state index in [1.54, 1.807) is 0 Å². The molecule has 20 heavy (non-hydrogen) atoms. The largest absolute Gasteiger partial charge is 0.393 e. The number of aliphatic hydroxyl groups excluding tert-OH is 1. The second-order valence-electron chi connectivity index (χ2n) is 5.95. The summed E-state index contributed by atoms with van der Waals surface area (Å²) in [6.07, 6.45) is 3.54. The van der Waals surface area contributed by atoms with Gasteiger partial charge in [-0.15, -0.1) is 0 Å². The molecule has 1 fully saturated rings. The van der Waals surface area contributed by atoms with Crippen molar-refractivity contribution in [1.82, 2.24) is 4.72 Å². The van der Waals surface area contributed by atoms with Gasteiger partial charge >= 0.3 is 0 Å². The Morgan fingerprint density at radius 2 is 1.80 bits per heavy atom. The Kier molecular flexibility index (Phi) is 3.84. The molecule has 0 amide bonds. The molecule has 1 aromatic rings. The fourth-order valence-corrected chi connectivity index (χ4v) is 4.81. The van der Waals surface area contributed by atoms with Gasteiger partial charge in [-0.2, -0.15) is 0 Å². The summed E-state index contributed by atoms with van der Waals surface area (Å²) in [6, 6.07) is 7.92. The molecule has 0 unspecified atom stereocenters. The normalized spacial score (nSPS) is 26.9. The molecule has 0 bridgehead atoms. The minimum absolute atomic E-state index is 0.0774. The SMILES string of the molecule is O=S(=O)(NC[C@@H]1CCC[C@@H]1O)C1Cc2ccccc2C1. The van der Waals surface area contributed by atoms with Crippen molar-refractivity contribution in [1.29, 1.82) is 0 Å². The highest BCUT2D eigenvalue weighted by Gasteiger charge is 2.33. The molecular weight excluding hydrogens is 274 g/mol. The molecular formula is C15H21NO3S. The van der Waals surface area contributed by atoms with Gasteiger partial charge in [0.25, 0.3) is 0 Å². The first-order valence-electron chi connectivity index (χ1n) is 7.29. The Labute approximate surface area is 120 Å². The van der Waals surface area contributed by atoms with Crippen LogP contribution < -0.4 is 4.72 Å². The lowest BCUT2D eigenvalue weighted by molar-refractivity contribution is 0.134. The van der Waals surface area contributed by atoms with Crippen LogP contribution in [0, 0.1) is 5.92 Å². The van der Waals surface area contributed by atoms with Crippen molar-refractivity contribution < 1.29 is 13.5 Å². The standard InChI is InChI=1S/C15H21NO3S/c17-15-7-3-6-13(15)10-16-20(18,19)14-8-11-4-1-2-5-12(11)9-14/h1-2,4-5,13-17H,3,6-10H2/t13-,15-/m0/s1. The highest BCUT2D eigenvalue weighted by molar-refractivity contribution is 7.90. The monoisotopic (exact) mass is 295 g/mol. The van der Waals surface area contributed by atoms with Crippen LogP contribution >= 0.6 is 0 Å². The summed E-state index contributed by atoms with van der Waals surface area (Å²) in [7, 11) is -3.30. The molecule has 0 saturated heterocycles. The van der Waals surface area contributed by atoms with Crippen LogP contribution in [0.25, 0.3) is 0 Å². The molecule has 110 valence electrons. The number of fused-ring (bicyclic) bond motifs is 1. The van der Waals surface area contributed by atoms with Crippen LogP contribution in [-0.4, -0.2) is 31.4 Å². The van der Waals surface area contributed by atoms with E-state index in [4.69, 9.17) is 0 Å². The van der Waals surface area contributed by atoms with E-state index in [1.165, 1.54) is 0 Å². The number of aliphatic hydroxyl groups is 1. The molecule has 2 atom stereocenters. The van der Waals surface area contributed by atoms with E-state index in [9.17, 15) is 13.5 Å². The Bertz CT molecular complexity index is 560. The minimum Gasteiger partial charge on any atom is -0.393 e. The number of nitrogens with one attached hydrogen (secondary N) is 1. The first kappa shape index (κ1) is 14.0. The van der Waals surface area contributed by atoms with E-state index < -0.39 is 10.0 Å². The molecule has 2 N–H and O–H groups in total. The van der Waals surface area contributed by atoms with E-state index in [2.05, 4.69) is 4.72 Å². The van der Waals surface area contributed by atoms with Crippen molar-refractivity contribution in [3.63, 3.8) is 0 Å². The van der Waals surface area contributed by atoms with Crippen LogP contribution in [0.1, 0.15) is 30.4 Å². The van der Waals surface area contributed by atoms with Crippen molar-refractivity contribution in [2.24, 2.45) is 5.92 Å². The third-order valence-electron chi connectivity index (χ3n) is 4.62. The lowest BCUT2D eigenvalue weighted by Crippen LogP contribution is -2.39. The fourth-order valence-electron chi connectivity index (χ4n) is 3.33. The van der Waals surface area contributed by atoms with Crippen LogP contribution in [0.5, 0.6) is 0 Å². The van der Waals surface area contributed by atoms with Crippen molar-refractivity contribution in [3.8, 4) is 0 Å². The van der Waals surface area contributed by atoms with Gasteiger partial charge in [-0.05, 0) is 42.7 Å². The molecule has 2 aliphatic rings. The van der Waals surface area contributed by atoms with Crippen LogP contribution in [0.3, 0.4) is 0 Å². The van der Waals surface area contributed by atoms with Gasteiger partial charge in [0.15, 0.2) is 0 Å². The predicted molar refractivity (Wildman–Crippen MR) is 77.9 cm³/mol. The van der Waals surface area contributed by atoms with E-state index in [0.29, 0.717) is 19.4 Å². The number of rotatable bonds is 4. The molecule has 0 spiro atoms. The molecule has 0 aromatic heterocycles. The Morgan fingerprint density at radius 1 is 1.15 bits per heavy atom. The first-order chi connectivity index (χ1) is 9.56. The van der Waals surface area contributed by atoms with Gasteiger partial charge in [-0.3, -0.25) is 0 Å². The van der Waals surface area contributed by atoms with Crippen molar-refractivity contribution in [3.05, 3.63) is 35.4 Å². The first-order valence-corrected chi connectivity index (χ1v) is 8.84. The molecule has 3 rings (SSSR count). The van der Waals surface area contributed by atoms with Crippen LogP contribution in [-0.2, 0) is 22.9 Å². The average molecular weight is 295 g/mol. The van der Waals surface area contributed by atoms with Crippen LogP contribution in [0.2, 0.25) is 0 Å². The van der Waals surface area contributed by atoms with Gasteiger partial charge in [-0.1, -0.05) is 30.7 Å². The van der Waals surface area contributed by atoms with Crippen molar-refractivity contribution >= 4 is 10.0 Å². The summed E-state index contributed by atoms with van der Waals surface area (Å²) in [6.45, 7) is 0.371. The summed E-state index contributed by atoms with van der Waals surface area (Å²) in [5.74, 6) is 0.0774. The number of benzene rings is 1. The van der Waals surface area contributed by atoms with E-state index in [0.717, 1.165) is 30.4 Å². The van der Waals surface area contributed by atoms with Crippen molar-refractivity contribution in [2.75, 3.05) is 6.54 Å². The van der Waals surface area contributed by atoms with E-state index in [1.807, 2.05) is 24.3 Å². The molecule has 0 radical (unpaired) electrons. The maximum absolute atomic E-state index is 12.4.